The van der Waals surface area contributed by atoms with Crippen molar-refractivity contribution in [2.24, 2.45) is 11.8 Å². The molecule has 0 radical (unpaired) electrons. The second-order valence-electron chi connectivity index (χ2n) is 5.26. The lowest BCUT2D eigenvalue weighted by Gasteiger charge is -2.39. The third-order valence-corrected chi connectivity index (χ3v) is 3.88. The van der Waals surface area contributed by atoms with E-state index in [9.17, 15) is 0 Å². The van der Waals surface area contributed by atoms with Crippen LogP contribution in [0.2, 0.25) is 0 Å². The first-order valence-corrected chi connectivity index (χ1v) is 6.57. The van der Waals surface area contributed by atoms with E-state index in [4.69, 9.17) is 0 Å². The molecule has 1 aliphatic heterocycles. The Morgan fingerprint density at radius 2 is 1.87 bits per heavy atom. The Labute approximate surface area is 95.4 Å². The first-order valence-electron chi connectivity index (χ1n) is 6.57. The molecule has 1 rings (SSSR count). The highest BCUT2D eigenvalue weighted by Crippen LogP contribution is 2.23. The fourth-order valence-electron chi connectivity index (χ4n) is 2.69. The van der Waals surface area contributed by atoms with Gasteiger partial charge in [0.1, 0.15) is 0 Å². The first kappa shape index (κ1) is 13.0. The molecule has 1 N–H and O–H groups in total. The summed E-state index contributed by atoms with van der Waals surface area (Å²) in [6.07, 6.45) is 4.18. The zero-order valence-corrected chi connectivity index (χ0v) is 10.9. The van der Waals surface area contributed by atoms with Crippen LogP contribution in [0.1, 0.15) is 40.0 Å². The molecule has 15 heavy (non-hydrogen) atoms. The van der Waals surface area contributed by atoms with Gasteiger partial charge in [0.2, 0.25) is 0 Å². The van der Waals surface area contributed by atoms with Crippen molar-refractivity contribution in [2.75, 3.05) is 26.7 Å². The minimum atomic E-state index is 0.729. The molecule has 1 atom stereocenters. The minimum absolute atomic E-state index is 0.729. The molecule has 1 aliphatic rings. The molecule has 0 aromatic heterocycles. The van der Waals surface area contributed by atoms with Crippen LogP contribution >= 0.6 is 0 Å². The van der Waals surface area contributed by atoms with E-state index in [2.05, 4.69) is 38.0 Å². The number of rotatable bonds is 5. The Morgan fingerprint density at radius 3 is 2.27 bits per heavy atom. The third-order valence-electron chi connectivity index (χ3n) is 3.88. The summed E-state index contributed by atoms with van der Waals surface area (Å²) in [5.74, 6) is 1.75. The summed E-state index contributed by atoms with van der Waals surface area (Å²) in [7, 11) is 2.06. The highest BCUT2D eigenvalue weighted by atomic mass is 15.2. The van der Waals surface area contributed by atoms with Crippen LogP contribution in [-0.4, -0.2) is 37.6 Å². The topological polar surface area (TPSA) is 15.3 Å². The predicted octanol–water partition coefficient (Wildman–Crippen LogP) is 2.35. The average molecular weight is 212 g/mol. The molecule has 1 unspecified atom stereocenters. The Kier molecular flexibility index (Phi) is 5.62. The number of nitrogens with zero attached hydrogens (tertiary/aromatic N) is 1. The Hall–Kier alpha value is -0.0800. The zero-order valence-electron chi connectivity index (χ0n) is 10.9. The normalized spacial score (nSPS) is 22.2. The molecule has 0 spiro atoms. The van der Waals surface area contributed by atoms with Gasteiger partial charge in [-0.25, -0.2) is 0 Å². The van der Waals surface area contributed by atoms with Gasteiger partial charge in [0, 0.05) is 12.6 Å². The van der Waals surface area contributed by atoms with E-state index < -0.39 is 0 Å². The lowest BCUT2D eigenvalue weighted by atomic mass is 9.91. The standard InChI is InChI=1S/C13H28N2/c1-5-12-6-8-15(9-7-12)13(10-14-4)11(2)3/h11-14H,5-10H2,1-4H3. The van der Waals surface area contributed by atoms with Gasteiger partial charge in [-0.15, -0.1) is 0 Å². The number of piperidine rings is 1. The molecule has 0 amide bonds. The SMILES string of the molecule is CCC1CCN(C(CNC)C(C)C)CC1. The van der Waals surface area contributed by atoms with Crippen LogP contribution in [0.4, 0.5) is 0 Å². The second-order valence-corrected chi connectivity index (χ2v) is 5.26. The van der Waals surface area contributed by atoms with Crippen LogP contribution in [0.25, 0.3) is 0 Å². The molecular formula is C13H28N2. The van der Waals surface area contributed by atoms with E-state index in [0.717, 1.165) is 24.4 Å². The van der Waals surface area contributed by atoms with Crippen LogP contribution in [0, 0.1) is 11.8 Å². The van der Waals surface area contributed by atoms with Crippen LogP contribution in [0.5, 0.6) is 0 Å². The van der Waals surface area contributed by atoms with Gasteiger partial charge >= 0.3 is 0 Å². The lowest BCUT2D eigenvalue weighted by molar-refractivity contribution is 0.103. The fraction of sp³-hybridized carbons (Fsp3) is 1.00. The summed E-state index contributed by atoms with van der Waals surface area (Å²) < 4.78 is 0. The quantitative estimate of drug-likeness (QED) is 0.752. The maximum absolute atomic E-state index is 3.33. The average Bonchev–Trinajstić information content (AvgIpc) is 2.26. The van der Waals surface area contributed by atoms with Gasteiger partial charge in [-0.3, -0.25) is 4.90 Å². The van der Waals surface area contributed by atoms with Gasteiger partial charge in [0.15, 0.2) is 0 Å². The van der Waals surface area contributed by atoms with Crippen LogP contribution in [0.3, 0.4) is 0 Å². The molecule has 1 heterocycles. The fourth-order valence-corrected chi connectivity index (χ4v) is 2.69. The van der Waals surface area contributed by atoms with Gasteiger partial charge in [0.25, 0.3) is 0 Å². The summed E-state index contributed by atoms with van der Waals surface area (Å²) in [5, 5.41) is 3.33. The summed E-state index contributed by atoms with van der Waals surface area (Å²) in [6, 6.07) is 0.729. The number of hydrogen-bond donors (Lipinski definition) is 1. The molecule has 90 valence electrons. The number of hydrogen-bond acceptors (Lipinski definition) is 2. The molecule has 2 nitrogen and oxygen atoms in total. The predicted molar refractivity (Wildman–Crippen MR) is 67.1 cm³/mol. The maximum Gasteiger partial charge on any atom is 0.0243 e. The van der Waals surface area contributed by atoms with Crippen molar-refractivity contribution in [3.63, 3.8) is 0 Å². The van der Waals surface area contributed by atoms with Gasteiger partial charge in [-0.1, -0.05) is 27.2 Å². The lowest BCUT2D eigenvalue weighted by Crippen LogP contribution is -2.48. The first-order chi connectivity index (χ1) is 7.19. The van der Waals surface area contributed by atoms with E-state index in [0.29, 0.717) is 0 Å². The Bertz CT molecular complexity index is 160. The Morgan fingerprint density at radius 1 is 1.27 bits per heavy atom. The Balaban J connectivity index is 2.41. The molecule has 0 aromatic carbocycles. The van der Waals surface area contributed by atoms with Crippen LogP contribution < -0.4 is 5.32 Å². The van der Waals surface area contributed by atoms with Crippen molar-refractivity contribution >= 4 is 0 Å². The van der Waals surface area contributed by atoms with Crippen LogP contribution in [0.15, 0.2) is 0 Å². The number of likely N-dealkylation sites (tertiary alicyclic amines) is 1. The smallest absolute Gasteiger partial charge is 0.0243 e. The minimum Gasteiger partial charge on any atom is -0.318 e. The van der Waals surface area contributed by atoms with Gasteiger partial charge in [0.05, 0.1) is 0 Å². The van der Waals surface area contributed by atoms with Crippen molar-refractivity contribution in [3.8, 4) is 0 Å². The summed E-state index contributed by atoms with van der Waals surface area (Å²) >= 11 is 0. The molecular weight excluding hydrogens is 184 g/mol. The van der Waals surface area contributed by atoms with Crippen molar-refractivity contribution in [3.05, 3.63) is 0 Å². The monoisotopic (exact) mass is 212 g/mol. The zero-order chi connectivity index (χ0) is 11.3. The van der Waals surface area contributed by atoms with Crippen molar-refractivity contribution < 1.29 is 0 Å². The molecule has 0 aromatic rings. The van der Waals surface area contributed by atoms with Gasteiger partial charge in [-0.05, 0) is 44.8 Å². The summed E-state index contributed by atoms with van der Waals surface area (Å²) in [5.41, 5.74) is 0. The molecule has 2 heteroatoms. The number of likely N-dealkylation sites (N-methyl/N-ethyl adjacent to an activating group) is 1. The van der Waals surface area contributed by atoms with Crippen molar-refractivity contribution in [1.82, 2.24) is 10.2 Å². The highest BCUT2D eigenvalue weighted by molar-refractivity contribution is 4.81. The molecule has 0 saturated carbocycles. The van der Waals surface area contributed by atoms with E-state index >= 15 is 0 Å². The maximum atomic E-state index is 3.33. The highest BCUT2D eigenvalue weighted by Gasteiger charge is 2.25. The molecule has 0 bridgehead atoms. The number of nitrogens with one attached hydrogen (secondary N) is 1. The second kappa shape index (κ2) is 6.49. The van der Waals surface area contributed by atoms with Crippen molar-refractivity contribution in [2.45, 2.75) is 46.1 Å². The molecule has 1 fully saturated rings. The van der Waals surface area contributed by atoms with Crippen molar-refractivity contribution in [1.29, 1.82) is 0 Å². The van der Waals surface area contributed by atoms with E-state index in [1.807, 2.05) is 0 Å². The molecule has 0 aliphatic carbocycles. The van der Waals surface area contributed by atoms with Gasteiger partial charge < -0.3 is 5.32 Å². The van der Waals surface area contributed by atoms with E-state index in [-0.39, 0.29) is 0 Å². The summed E-state index contributed by atoms with van der Waals surface area (Å²) in [4.78, 5) is 2.69. The largest absolute Gasteiger partial charge is 0.318 e. The molecule has 1 saturated heterocycles. The van der Waals surface area contributed by atoms with Gasteiger partial charge in [-0.2, -0.15) is 0 Å². The summed E-state index contributed by atoms with van der Waals surface area (Å²) in [6.45, 7) is 10.8. The van der Waals surface area contributed by atoms with E-state index in [1.54, 1.807) is 0 Å². The van der Waals surface area contributed by atoms with E-state index in [1.165, 1.54) is 32.4 Å². The van der Waals surface area contributed by atoms with Crippen LogP contribution in [-0.2, 0) is 0 Å². The third kappa shape index (κ3) is 3.76.